The first kappa shape index (κ1) is 21.2. The Balaban J connectivity index is 1.87. The van der Waals surface area contributed by atoms with E-state index in [1.54, 1.807) is 61.8 Å². The summed E-state index contributed by atoms with van der Waals surface area (Å²) >= 11 is 0. The summed E-state index contributed by atoms with van der Waals surface area (Å²) in [5.41, 5.74) is 5.26. The molecule has 0 bridgehead atoms. The van der Waals surface area contributed by atoms with Crippen molar-refractivity contribution in [3.8, 4) is 0 Å². The Hall–Kier alpha value is -3.52. The quantitative estimate of drug-likeness (QED) is 0.468. The minimum atomic E-state index is -3.95. The van der Waals surface area contributed by atoms with Crippen LogP contribution in [0.2, 0.25) is 0 Å². The van der Waals surface area contributed by atoms with Gasteiger partial charge in [0.15, 0.2) is 0 Å². The van der Waals surface area contributed by atoms with Crippen LogP contribution in [0.3, 0.4) is 0 Å². The molecular formula is C22H22N4O3S. The SMILES string of the molecule is Cc1ccc(S(=O)(=O)N(CC(=O)N/N=C/c2ccncc2)c2ccccc2C)cc1. The summed E-state index contributed by atoms with van der Waals surface area (Å²) in [7, 11) is -3.95. The number of nitrogens with zero attached hydrogens (tertiary/aromatic N) is 3. The van der Waals surface area contributed by atoms with Gasteiger partial charge in [-0.25, -0.2) is 13.8 Å². The van der Waals surface area contributed by atoms with Crippen LogP contribution in [0.5, 0.6) is 0 Å². The number of carbonyl (C=O) groups is 1. The first-order valence-electron chi connectivity index (χ1n) is 9.25. The Morgan fingerprint density at radius 2 is 1.70 bits per heavy atom. The zero-order chi connectivity index (χ0) is 21.6. The highest BCUT2D eigenvalue weighted by Crippen LogP contribution is 2.26. The van der Waals surface area contributed by atoms with Gasteiger partial charge in [0.1, 0.15) is 6.54 Å². The summed E-state index contributed by atoms with van der Waals surface area (Å²) in [4.78, 5) is 16.5. The van der Waals surface area contributed by atoms with Crippen LogP contribution in [0.25, 0.3) is 0 Å². The van der Waals surface area contributed by atoms with Gasteiger partial charge in [0, 0.05) is 12.4 Å². The number of benzene rings is 2. The van der Waals surface area contributed by atoms with E-state index in [0.717, 1.165) is 21.0 Å². The monoisotopic (exact) mass is 422 g/mol. The minimum absolute atomic E-state index is 0.115. The largest absolute Gasteiger partial charge is 0.271 e. The molecule has 0 fully saturated rings. The number of carbonyl (C=O) groups excluding carboxylic acids is 1. The number of hydrazone groups is 1. The number of anilines is 1. The van der Waals surface area contributed by atoms with Gasteiger partial charge in [0.2, 0.25) is 0 Å². The molecule has 1 N–H and O–H groups in total. The van der Waals surface area contributed by atoms with Crippen LogP contribution >= 0.6 is 0 Å². The summed E-state index contributed by atoms with van der Waals surface area (Å²) in [5.74, 6) is -0.556. The van der Waals surface area contributed by atoms with Crippen LogP contribution in [0.1, 0.15) is 16.7 Å². The predicted octanol–water partition coefficient (Wildman–Crippen LogP) is 3.04. The number of hydrogen-bond donors (Lipinski definition) is 1. The number of aryl methyl sites for hydroxylation is 2. The fourth-order valence-electron chi connectivity index (χ4n) is 2.77. The average Bonchev–Trinajstić information content (AvgIpc) is 2.74. The predicted molar refractivity (Wildman–Crippen MR) is 117 cm³/mol. The molecule has 7 nitrogen and oxygen atoms in total. The van der Waals surface area contributed by atoms with Gasteiger partial charge < -0.3 is 0 Å². The fraction of sp³-hybridized carbons (Fsp3) is 0.136. The lowest BCUT2D eigenvalue weighted by molar-refractivity contribution is -0.119. The second-order valence-corrected chi connectivity index (χ2v) is 8.55. The highest BCUT2D eigenvalue weighted by atomic mass is 32.2. The van der Waals surface area contributed by atoms with Crippen molar-refractivity contribution in [2.45, 2.75) is 18.7 Å². The van der Waals surface area contributed by atoms with Gasteiger partial charge in [-0.1, -0.05) is 35.9 Å². The van der Waals surface area contributed by atoms with E-state index < -0.39 is 22.5 Å². The van der Waals surface area contributed by atoms with Gasteiger partial charge in [0.05, 0.1) is 16.8 Å². The number of hydrogen-bond acceptors (Lipinski definition) is 5. The first-order valence-corrected chi connectivity index (χ1v) is 10.7. The van der Waals surface area contributed by atoms with E-state index in [1.807, 2.05) is 13.0 Å². The number of amides is 1. The second kappa shape index (κ2) is 9.32. The summed E-state index contributed by atoms with van der Waals surface area (Å²) in [6.07, 6.45) is 4.68. The summed E-state index contributed by atoms with van der Waals surface area (Å²) < 4.78 is 27.8. The smallest absolute Gasteiger partial charge is 0.264 e. The molecule has 0 unspecified atom stereocenters. The van der Waals surface area contributed by atoms with Crippen molar-refractivity contribution >= 4 is 27.8 Å². The normalized spacial score (nSPS) is 11.4. The van der Waals surface area contributed by atoms with Crippen LogP contribution in [0.4, 0.5) is 5.69 Å². The van der Waals surface area contributed by atoms with Gasteiger partial charge in [0.25, 0.3) is 15.9 Å². The third-order valence-corrected chi connectivity index (χ3v) is 6.16. The van der Waals surface area contributed by atoms with Crippen molar-refractivity contribution in [1.29, 1.82) is 0 Å². The van der Waals surface area contributed by atoms with Crippen molar-refractivity contribution in [2.75, 3.05) is 10.8 Å². The van der Waals surface area contributed by atoms with Crippen molar-refractivity contribution in [3.05, 3.63) is 89.7 Å². The summed E-state index contributed by atoms with van der Waals surface area (Å²) in [6.45, 7) is 3.27. The Morgan fingerprint density at radius 3 is 2.37 bits per heavy atom. The van der Waals surface area contributed by atoms with Crippen molar-refractivity contribution < 1.29 is 13.2 Å². The maximum atomic E-state index is 13.3. The van der Waals surface area contributed by atoms with E-state index in [2.05, 4.69) is 15.5 Å². The van der Waals surface area contributed by atoms with E-state index in [-0.39, 0.29) is 4.90 Å². The Kier molecular flexibility index (Phi) is 6.58. The maximum Gasteiger partial charge on any atom is 0.264 e. The fourth-order valence-corrected chi connectivity index (χ4v) is 4.26. The average molecular weight is 423 g/mol. The standard InChI is InChI=1S/C22H22N4O3S/c1-17-7-9-20(10-8-17)30(28,29)26(21-6-4-3-5-18(21)2)16-22(27)25-24-15-19-11-13-23-14-12-19/h3-15H,16H2,1-2H3,(H,25,27)/b24-15+. The number of rotatable bonds is 7. The van der Waals surface area contributed by atoms with E-state index in [1.165, 1.54) is 18.3 Å². The molecule has 1 heterocycles. The lowest BCUT2D eigenvalue weighted by Crippen LogP contribution is -2.40. The van der Waals surface area contributed by atoms with Crippen molar-refractivity contribution in [3.63, 3.8) is 0 Å². The molecular weight excluding hydrogens is 400 g/mol. The van der Waals surface area contributed by atoms with Crippen LogP contribution in [0.15, 0.2) is 83.1 Å². The molecule has 0 atom stereocenters. The van der Waals surface area contributed by atoms with Crippen LogP contribution < -0.4 is 9.73 Å². The third kappa shape index (κ3) is 5.09. The van der Waals surface area contributed by atoms with Crippen LogP contribution in [-0.2, 0) is 14.8 Å². The van der Waals surface area contributed by atoms with E-state index in [0.29, 0.717) is 5.69 Å². The van der Waals surface area contributed by atoms with E-state index in [9.17, 15) is 13.2 Å². The maximum absolute atomic E-state index is 13.3. The van der Waals surface area contributed by atoms with Crippen LogP contribution in [-0.4, -0.2) is 32.1 Å². The number of pyridine rings is 1. The molecule has 1 aromatic heterocycles. The Morgan fingerprint density at radius 1 is 1.03 bits per heavy atom. The zero-order valence-electron chi connectivity index (χ0n) is 16.7. The van der Waals surface area contributed by atoms with Gasteiger partial charge in [-0.3, -0.25) is 14.1 Å². The molecule has 30 heavy (non-hydrogen) atoms. The Bertz CT molecular complexity index is 1140. The first-order chi connectivity index (χ1) is 14.4. The minimum Gasteiger partial charge on any atom is -0.271 e. The molecule has 8 heteroatoms. The molecule has 0 aliphatic heterocycles. The lowest BCUT2D eigenvalue weighted by Gasteiger charge is -2.25. The molecule has 1 amide bonds. The van der Waals surface area contributed by atoms with Crippen molar-refractivity contribution in [2.24, 2.45) is 5.10 Å². The molecule has 154 valence electrons. The lowest BCUT2D eigenvalue weighted by atomic mass is 10.2. The second-order valence-electron chi connectivity index (χ2n) is 6.68. The number of nitrogens with one attached hydrogen (secondary N) is 1. The zero-order valence-corrected chi connectivity index (χ0v) is 17.5. The highest BCUT2D eigenvalue weighted by Gasteiger charge is 2.28. The molecule has 0 spiro atoms. The van der Waals surface area contributed by atoms with Crippen LogP contribution in [0, 0.1) is 13.8 Å². The van der Waals surface area contributed by atoms with Gasteiger partial charge >= 0.3 is 0 Å². The van der Waals surface area contributed by atoms with Crippen molar-refractivity contribution in [1.82, 2.24) is 10.4 Å². The molecule has 2 aromatic carbocycles. The molecule has 0 aliphatic rings. The number of sulfonamides is 1. The van der Waals surface area contributed by atoms with E-state index in [4.69, 9.17) is 0 Å². The van der Waals surface area contributed by atoms with Gasteiger partial charge in [-0.2, -0.15) is 5.10 Å². The number of para-hydroxylation sites is 1. The number of aromatic nitrogens is 1. The summed E-state index contributed by atoms with van der Waals surface area (Å²) in [6, 6.07) is 17.0. The molecule has 3 aromatic rings. The topological polar surface area (TPSA) is 91.7 Å². The molecule has 0 radical (unpaired) electrons. The summed E-state index contributed by atoms with van der Waals surface area (Å²) in [5, 5.41) is 3.90. The van der Waals surface area contributed by atoms with Gasteiger partial charge in [-0.15, -0.1) is 0 Å². The molecule has 0 saturated carbocycles. The van der Waals surface area contributed by atoms with Gasteiger partial charge in [-0.05, 0) is 55.3 Å². The Labute approximate surface area is 176 Å². The molecule has 0 aliphatic carbocycles. The molecule has 3 rings (SSSR count). The third-order valence-electron chi connectivity index (χ3n) is 4.39. The molecule has 0 saturated heterocycles. The van der Waals surface area contributed by atoms with E-state index >= 15 is 0 Å². The highest BCUT2D eigenvalue weighted by molar-refractivity contribution is 7.92.